The lowest BCUT2D eigenvalue weighted by molar-refractivity contribution is -0.154. The first kappa shape index (κ1) is 16.2. The van der Waals surface area contributed by atoms with Gasteiger partial charge in [0, 0.05) is 6.54 Å². The van der Waals surface area contributed by atoms with E-state index in [1.807, 2.05) is 0 Å². The molecule has 0 aliphatic rings. The molecule has 0 unspecified atom stereocenters. The zero-order chi connectivity index (χ0) is 15.3. The number of ether oxygens (including phenoxy) is 1. The van der Waals surface area contributed by atoms with Gasteiger partial charge < -0.3 is 9.84 Å². The summed E-state index contributed by atoms with van der Waals surface area (Å²) >= 11 is 0. The lowest BCUT2D eigenvalue weighted by Crippen LogP contribution is -2.37. The third-order valence-electron chi connectivity index (χ3n) is 2.38. The van der Waals surface area contributed by atoms with E-state index in [9.17, 15) is 22.4 Å². The summed E-state index contributed by atoms with van der Waals surface area (Å²) < 4.78 is 55.1. The minimum absolute atomic E-state index is 0.0330. The number of alkyl halides is 3. The summed E-state index contributed by atoms with van der Waals surface area (Å²) in [6, 6.07) is 3.67. The van der Waals surface area contributed by atoms with Crippen molar-refractivity contribution in [3.63, 3.8) is 0 Å². The fourth-order valence-corrected chi connectivity index (χ4v) is 1.68. The van der Waals surface area contributed by atoms with Crippen molar-refractivity contribution < 1.29 is 32.2 Å². The first-order valence-corrected chi connectivity index (χ1v) is 5.54. The molecule has 0 aliphatic heterocycles. The van der Waals surface area contributed by atoms with E-state index < -0.39 is 31.1 Å². The number of carboxylic acids is 1. The molecule has 0 amide bonds. The Balaban J connectivity index is 2.83. The lowest BCUT2D eigenvalue weighted by Gasteiger charge is -2.21. The third-order valence-corrected chi connectivity index (χ3v) is 2.38. The third kappa shape index (κ3) is 5.43. The van der Waals surface area contributed by atoms with Crippen LogP contribution < -0.4 is 4.74 Å². The highest BCUT2D eigenvalue weighted by molar-refractivity contribution is 5.69. The highest BCUT2D eigenvalue weighted by Gasteiger charge is 2.31. The van der Waals surface area contributed by atoms with Crippen LogP contribution >= 0.6 is 0 Å². The number of aliphatic carboxylic acids is 1. The smallest absolute Gasteiger partial charge is 0.401 e. The van der Waals surface area contributed by atoms with E-state index in [4.69, 9.17) is 5.11 Å². The van der Waals surface area contributed by atoms with E-state index >= 15 is 0 Å². The number of benzene rings is 1. The molecule has 0 fully saturated rings. The molecule has 0 bridgehead atoms. The van der Waals surface area contributed by atoms with Gasteiger partial charge in [0.25, 0.3) is 0 Å². The molecule has 0 saturated carbocycles. The number of carbonyl (C=O) groups is 1. The summed E-state index contributed by atoms with van der Waals surface area (Å²) in [7, 11) is 1.26. The maximum atomic E-state index is 13.4. The first-order chi connectivity index (χ1) is 9.21. The van der Waals surface area contributed by atoms with Crippen LogP contribution in [0.4, 0.5) is 17.6 Å². The number of carboxylic acid groups (broad SMARTS) is 1. The van der Waals surface area contributed by atoms with Gasteiger partial charge in [-0.05, 0) is 17.7 Å². The summed E-state index contributed by atoms with van der Waals surface area (Å²) in [5.41, 5.74) is 0.230. The summed E-state index contributed by atoms with van der Waals surface area (Å²) in [6.45, 7) is -2.49. The van der Waals surface area contributed by atoms with Gasteiger partial charge in [0.2, 0.25) is 0 Å². The molecule has 112 valence electrons. The fourth-order valence-electron chi connectivity index (χ4n) is 1.68. The summed E-state index contributed by atoms with van der Waals surface area (Å²) in [4.78, 5) is 11.2. The molecule has 0 heterocycles. The summed E-state index contributed by atoms with van der Waals surface area (Å²) in [5, 5.41) is 8.59. The normalized spacial score (nSPS) is 11.7. The number of nitrogens with zero attached hydrogens (tertiary/aromatic N) is 1. The van der Waals surface area contributed by atoms with Crippen molar-refractivity contribution in [1.82, 2.24) is 4.90 Å². The van der Waals surface area contributed by atoms with Crippen molar-refractivity contribution in [2.75, 3.05) is 20.2 Å². The highest BCUT2D eigenvalue weighted by Crippen LogP contribution is 2.21. The monoisotopic (exact) mass is 295 g/mol. The SMILES string of the molecule is COc1ccc(CN(CC(=O)O)CC(F)(F)F)cc1F. The van der Waals surface area contributed by atoms with Crippen LogP contribution in [0.1, 0.15) is 5.56 Å². The van der Waals surface area contributed by atoms with Crippen LogP contribution in [0.5, 0.6) is 5.75 Å². The second-order valence-corrected chi connectivity index (χ2v) is 4.12. The fraction of sp³-hybridized carbons (Fsp3) is 0.417. The van der Waals surface area contributed by atoms with Crippen LogP contribution in [0.3, 0.4) is 0 Å². The van der Waals surface area contributed by atoms with Crippen LogP contribution in [0.15, 0.2) is 18.2 Å². The number of methoxy groups -OCH3 is 1. The Labute approximate surface area is 112 Å². The van der Waals surface area contributed by atoms with Gasteiger partial charge in [-0.25, -0.2) is 4.39 Å². The zero-order valence-electron chi connectivity index (χ0n) is 10.6. The van der Waals surface area contributed by atoms with Crippen LogP contribution in [-0.2, 0) is 11.3 Å². The first-order valence-electron chi connectivity index (χ1n) is 5.54. The Morgan fingerprint density at radius 2 is 2.05 bits per heavy atom. The molecule has 1 rings (SSSR count). The van der Waals surface area contributed by atoms with Gasteiger partial charge in [-0.2, -0.15) is 13.2 Å². The van der Waals surface area contributed by atoms with Gasteiger partial charge in [0.15, 0.2) is 11.6 Å². The molecule has 0 aromatic heterocycles. The Bertz CT molecular complexity index is 476. The van der Waals surface area contributed by atoms with Crippen molar-refractivity contribution in [2.45, 2.75) is 12.7 Å². The Morgan fingerprint density at radius 3 is 2.50 bits per heavy atom. The van der Waals surface area contributed by atoms with Crippen LogP contribution in [-0.4, -0.2) is 42.4 Å². The maximum absolute atomic E-state index is 13.4. The topological polar surface area (TPSA) is 49.8 Å². The van der Waals surface area contributed by atoms with Crippen LogP contribution in [0.2, 0.25) is 0 Å². The number of hydrogen-bond acceptors (Lipinski definition) is 3. The molecule has 0 spiro atoms. The molecule has 0 radical (unpaired) electrons. The number of halogens is 4. The molecule has 8 heteroatoms. The van der Waals surface area contributed by atoms with Crippen molar-refractivity contribution in [3.05, 3.63) is 29.6 Å². The largest absolute Gasteiger partial charge is 0.494 e. The van der Waals surface area contributed by atoms with Gasteiger partial charge in [-0.3, -0.25) is 9.69 Å². The van der Waals surface area contributed by atoms with Crippen molar-refractivity contribution in [1.29, 1.82) is 0 Å². The van der Waals surface area contributed by atoms with Gasteiger partial charge in [-0.1, -0.05) is 6.07 Å². The lowest BCUT2D eigenvalue weighted by atomic mass is 10.2. The molecule has 1 N–H and O–H groups in total. The minimum atomic E-state index is -4.53. The molecular weight excluding hydrogens is 282 g/mol. The molecule has 0 aliphatic carbocycles. The number of hydrogen-bond donors (Lipinski definition) is 1. The van der Waals surface area contributed by atoms with Crippen molar-refractivity contribution in [2.24, 2.45) is 0 Å². The molecule has 0 atom stereocenters. The predicted molar refractivity (Wildman–Crippen MR) is 61.9 cm³/mol. The second kappa shape index (κ2) is 6.56. The average molecular weight is 295 g/mol. The molecule has 20 heavy (non-hydrogen) atoms. The zero-order valence-corrected chi connectivity index (χ0v) is 10.6. The Morgan fingerprint density at radius 1 is 1.40 bits per heavy atom. The van der Waals surface area contributed by atoms with Crippen LogP contribution in [0, 0.1) is 5.82 Å². The van der Waals surface area contributed by atoms with E-state index in [0.717, 1.165) is 6.07 Å². The quantitative estimate of drug-likeness (QED) is 0.818. The Hall–Kier alpha value is -1.83. The van der Waals surface area contributed by atoms with Gasteiger partial charge >= 0.3 is 12.1 Å². The predicted octanol–water partition coefficient (Wildman–Crippen LogP) is 2.28. The maximum Gasteiger partial charge on any atom is 0.401 e. The second-order valence-electron chi connectivity index (χ2n) is 4.12. The summed E-state index contributed by atoms with van der Waals surface area (Å²) in [5.74, 6) is -2.13. The van der Waals surface area contributed by atoms with Crippen molar-refractivity contribution in [3.8, 4) is 5.75 Å². The molecular formula is C12H13F4NO3. The van der Waals surface area contributed by atoms with Crippen molar-refractivity contribution >= 4 is 5.97 Å². The average Bonchev–Trinajstić information content (AvgIpc) is 2.25. The van der Waals surface area contributed by atoms with E-state index in [1.165, 1.54) is 19.2 Å². The van der Waals surface area contributed by atoms with Gasteiger partial charge in [-0.15, -0.1) is 0 Å². The standard InChI is InChI=1S/C12H13F4NO3/c1-20-10-3-2-8(4-9(10)13)5-17(6-11(18)19)7-12(14,15)16/h2-4H,5-7H2,1H3,(H,18,19). The highest BCUT2D eigenvalue weighted by atomic mass is 19.4. The minimum Gasteiger partial charge on any atom is -0.494 e. The molecule has 0 saturated heterocycles. The van der Waals surface area contributed by atoms with E-state index in [2.05, 4.69) is 4.74 Å². The molecule has 1 aromatic carbocycles. The van der Waals surface area contributed by atoms with Gasteiger partial charge in [0.1, 0.15) is 0 Å². The molecule has 4 nitrogen and oxygen atoms in total. The van der Waals surface area contributed by atoms with E-state index in [0.29, 0.717) is 4.90 Å². The van der Waals surface area contributed by atoms with Gasteiger partial charge in [0.05, 0.1) is 20.2 Å². The van der Waals surface area contributed by atoms with E-state index in [1.54, 1.807) is 0 Å². The Kier molecular flexibility index (Phi) is 5.32. The van der Waals surface area contributed by atoms with Crippen LogP contribution in [0.25, 0.3) is 0 Å². The van der Waals surface area contributed by atoms with E-state index in [-0.39, 0.29) is 17.9 Å². The number of rotatable bonds is 6. The molecule has 1 aromatic rings. The summed E-state index contributed by atoms with van der Waals surface area (Å²) in [6.07, 6.45) is -4.53.